The van der Waals surface area contributed by atoms with Crippen LogP contribution >= 0.6 is 38.6 Å². The van der Waals surface area contributed by atoms with Gasteiger partial charge in [0.1, 0.15) is 0 Å². The molecule has 120 valence electrons. The molecule has 0 unspecified atom stereocenters. The summed E-state index contributed by atoms with van der Waals surface area (Å²) < 4.78 is 6.19. The topological polar surface area (TPSA) is 54.5 Å². The summed E-state index contributed by atoms with van der Waals surface area (Å²) in [5.41, 5.74) is 2.30. The molecular formula is C15H14BrN3O2S2. The number of anilines is 1. The van der Waals surface area contributed by atoms with Gasteiger partial charge in [0.15, 0.2) is 11.0 Å². The Labute approximate surface area is 150 Å². The van der Waals surface area contributed by atoms with Crippen molar-refractivity contribution in [1.82, 2.24) is 9.88 Å². The van der Waals surface area contributed by atoms with Crippen molar-refractivity contribution in [2.75, 3.05) is 19.0 Å². The van der Waals surface area contributed by atoms with E-state index in [2.05, 4.69) is 44.6 Å². The SMILES string of the molecule is COC1=CC=C(c2sccc2C)CN1C(=O)Nc1ncc(Br)s1. The van der Waals surface area contributed by atoms with Crippen LogP contribution < -0.4 is 5.32 Å². The Bertz CT molecular complexity index is 794. The van der Waals surface area contributed by atoms with Crippen LogP contribution in [0.4, 0.5) is 9.93 Å². The number of thiophene rings is 1. The summed E-state index contributed by atoms with van der Waals surface area (Å²) >= 11 is 6.37. The van der Waals surface area contributed by atoms with E-state index in [1.54, 1.807) is 29.5 Å². The molecule has 2 amide bonds. The molecule has 0 saturated carbocycles. The first-order valence-electron chi connectivity index (χ1n) is 6.77. The van der Waals surface area contributed by atoms with Crippen LogP contribution in [0.15, 0.2) is 39.5 Å². The highest BCUT2D eigenvalue weighted by molar-refractivity contribution is 9.11. The molecule has 23 heavy (non-hydrogen) atoms. The van der Waals surface area contributed by atoms with E-state index in [0.29, 0.717) is 17.6 Å². The minimum Gasteiger partial charge on any atom is -0.482 e. The molecule has 0 fully saturated rings. The maximum Gasteiger partial charge on any atom is 0.330 e. The zero-order chi connectivity index (χ0) is 16.4. The maximum absolute atomic E-state index is 12.6. The van der Waals surface area contributed by atoms with Crippen LogP contribution in [-0.4, -0.2) is 29.6 Å². The number of hydrogen-bond donors (Lipinski definition) is 1. The second kappa shape index (κ2) is 6.86. The fourth-order valence-corrected chi connectivity index (χ4v) is 4.28. The summed E-state index contributed by atoms with van der Waals surface area (Å²) in [4.78, 5) is 19.5. The highest BCUT2D eigenvalue weighted by Gasteiger charge is 2.25. The van der Waals surface area contributed by atoms with Gasteiger partial charge in [0, 0.05) is 4.88 Å². The van der Waals surface area contributed by atoms with Gasteiger partial charge in [0.05, 0.1) is 23.6 Å². The number of allylic oxidation sites excluding steroid dienone is 2. The molecule has 1 aliphatic heterocycles. The van der Waals surface area contributed by atoms with Gasteiger partial charge in [-0.1, -0.05) is 17.4 Å². The summed E-state index contributed by atoms with van der Waals surface area (Å²) in [5.74, 6) is 0.510. The summed E-state index contributed by atoms with van der Waals surface area (Å²) in [6.45, 7) is 2.53. The van der Waals surface area contributed by atoms with Gasteiger partial charge in [-0.25, -0.2) is 9.78 Å². The van der Waals surface area contributed by atoms with Crippen molar-refractivity contribution >= 4 is 55.3 Å². The van der Waals surface area contributed by atoms with Crippen molar-refractivity contribution in [3.05, 3.63) is 49.9 Å². The second-order valence-corrected chi connectivity index (χ2v) is 8.15. The highest BCUT2D eigenvalue weighted by atomic mass is 79.9. The Kier molecular flexibility index (Phi) is 4.84. The zero-order valence-electron chi connectivity index (χ0n) is 12.5. The van der Waals surface area contributed by atoms with E-state index in [0.717, 1.165) is 9.36 Å². The molecular weight excluding hydrogens is 398 g/mol. The fraction of sp³-hybridized carbons (Fsp3) is 0.200. The lowest BCUT2D eigenvalue weighted by Gasteiger charge is -2.27. The molecule has 2 aromatic heterocycles. The van der Waals surface area contributed by atoms with Gasteiger partial charge in [0.25, 0.3) is 0 Å². The lowest BCUT2D eigenvalue weighted by molar-refractivity contribution is 0.169. The molecule has 0 spiro atoms. The molecule has 0 aliphatic carbocycles. The molecule has 1 aliphatic rings. The van der Waals surface area contributed by atoms with Crippen molar-refractivity contribution in [3.8, 4) is 0 Å². The number of methoxy groups -OCH3 is 1. The van der Waals surface area contributed by atoms with Crippen molar-refractivity contribution in [3.63, 3.8) is 0 Å². The largest absolute Gasteiger partial charge is 0.482 e. The lowest BCUT2D eigenvalue weighted by Crippen LogP contribution is -2.37. The predicted molar refractivity (Wildman–Crippen MR) is 97.7 cm³/mol. The Morgan fingerprint density at radius 1 is 1.48 bits per heavy atom. The van der Waals surface area contributed by atoms with Crippen LogP contribution in [-0.2, 0) is 4.74 Å². The predicted octanol–water partition coefficient (Wildman–Crippen LogP) is 4.69. The molecule has 2 aromatic rings. The minimum atomic E-state index is -0.264. The van der Waals surface area contributed by atoms with Gasteiger partial charge in [0.2, 0.25) is 0 Å². The molecule has 3 heterocycles. The molecule has 5 nitrogen and oxygen atoms in total. The number of rotatable bonds is 3. The van der Waals surface area contributed by atoms with E-state index in [-0.39, 0.29) is 6.03 Å². The number of nitrogens with one attached hydrogen (secondary N) is 1. The molecule has 0 atom stereocenters. The lowest BCUT2D eigenvalue weighted by atomic mass is 10.1. The number of nitrogens with zero attached hydrogens (tertiary/aromatic N) is 2. The smallest absolute Gasteiger partial charge is 0.330 e. The van der Waals surface area contributed by atoms with Gasteiger partial charge in [-0.15, -0.1) is 11.3 Å². The number of carbonyl (C=O) groups excluding carboxylic acids is 1. The number of aromatic nitrogens is 1. The van der Waals surface area contributed by atoms with E-state index in [9.17, 15) is 4.79 Å². The average Bonchev–Trinajstić information content (AvgIpc) is 3.15. The Hall–Kier alpha value is -1.64. The van der Waals surface area contributed by atoms with E-state index in [1.807, 2.05) is 12.2 Å². The molecule has 0 aromatic carbocycles. The summed E-state index contributed by atoms with van der Waals surface area (Å²) in [7, 11) is 1.56. The second-order valence-electron chi connectivity index (χ2n) is 4.82. The number of aryl methyl sites for hydroxylation is 1. The van der Waals surface area contributed by atoms with E-state index >= 15 is 0 Å². The van der Waals surface area contributed by atoms with Crippen LogP contribution in [0, 0.1) is 6.92 Å². The third-order valence-electron chi connectivity index (χ3n) is 3.32. The summed E-state index contributed by atoms with van der Waals surface area (Å²) in [6.07, 6.45) is 5.47. The quantitative estimate of drug-likeness (QED) is 0.796. The van der Waals surface area contributed by atoms with E-state index < -0.39 is 0 Å². The van der Waals surface area contributed by atoms with E-state index in [1.165, 1.54) is 21.8 Å². The van der Waals surface area contributed by atoms with Gasteiger partial charge >= 0.3 is 6.03 Å². The van der Waals surface area contributed by atoms with Gasteiger partial charge in [-0.2, -0.15) is 0 Å². The van der Waals surface area contributed by atoms with Crippen LogP contribution in [0.2, 0.25) is 0 Å². The number of thiazole rings is 1. The van der Waals surface area contributed by atoms with Gasteiger partial charge in [-0.05, 0) is 51.5 Å². The fourth-order valence-electron chi connectivity index (χ4n) is 2.23. The number of amides is 2. The number of halogens is 1. The molecule has 8 heteroatoms. The van der Waals surface area contributed by atoms with Gasteiger partial charge < -0.3 is 4.74 Å². The molecule has 3 rings (SSSR count). The Morgan fingerprint density at radius 3 is 2.91 bits per heavy atom. The Morgan fingerprint density at radius 2 is 2.30 bits per heavy atom. The van der Waals surface area contributed by atoms with Crippen LogP contribution in [0.5, 0.6) is 0 Å². The third kappa shape index (κ3) is 3.49. The monoisotopic (exact) mass is 411 g/mol. The number of ether oxygens (including phenoxy) is 1. The van der Waals surface area contributed by atoms with Crippen LogP contribution in [0.3, 0.4) is 0 Å². The van der Waals surface area contributed by atoms with Crippen LogP contribution in [0.25, 0.3) is 5.57 Å². The van der Waals surface area contributed by atoms with Crippen LogP contribution in [0.1, 0.15) is 10.4 Å². The number of urea groups is 1. The molecule has 0 radical (unpaired) electrons. The van der Waals surface area contributed by atoms with Crippen molar-refractivity contribution in [2.24, 2.45) is 0 Å². The summed E-state index contributed by atoms with van der Waals surface area (Å²) in [5, 5.41) is 5.39. The third-order valence-corrected chi connectivity index (χ3v) is 5.80. The standard InChI is InChI=1S/C15H14BrN3O2S2/c1-9-5-6-22-13(9)10-3-4-12(21-2)19(8-10)15(20)18-14-17-7-11(16)23-14/h3-7H,8H2,1-2H3,(H,17,18,20). The van der Waals surface area contributed by atoms with E-state index in [4.69, 9.17) is 4.74 Å². The summed E-state index contributed by atoms with van der Waals surface area (Å²) in [6, 6.07) is 1.81. The molecule has 1 N–H and O–H groups in total. The first-order valence-corrected chi connectivity index (χ1v) is 9.26. The zero-order valence-corrected chi connectivity index (χ0v) is 15.7. The minimum absolute atomic E-state index is 0.264. The average molecular weight is 412 g/mol. The maximum atomic E-state index is 12.6. The normalized spacial score (nSPS) is 14.3. The molecule has 0 bridgehead atoms. The number of hydrogen-bond acceptors (Lipinski definition) is 5. The van der Waals surface area contributed by atoms with Crippen molar-refractivity contribution in [1.29, 1.82) is 0 Å². The van der Waals surface area contributed by atoms with Gasteiger partial charge in [-0.3, -0.25) is 10.2 Å². The first-order chi connectivity index (χ1) is 11.1. The Balaban J connectivity index is 1.81. The first kappa shape index (κ1) is 16.2. The van der Waals surface area contributed by atoms with Crippen molar-refractivity contribution < 1.29 is 9.53 Å². The highest BCUT2D eigenvalue weighted by Crippen LogP contribution is 2.30. The molecule has 0 saturated heterocycles. The van der Waals surface area contributed by atoms with Crippen molar-refractivity contribution in [2.45, 2.75) is 6.92 Å². The number of carbonyl (C=O) groups is 1.